The van der Waals surface area contributed by atoms with E-state index in [1.165, 1.54) is 13.5 Å². The van der Waals surface area contributed by atoms with Gasteiger partial charge in [0.25, 0.3) is 0 Å². The average Bonchev–Trinajstić information content (AvgIpc) is 2.92. The highest BCUT2D eigenvalue weighted by atomic mass is 35.5. The van der Waals surface area contributed by atoms with Crippen LogP contribution in [0.4, 0.5) is 11.6 Å². The maximum atomic E-state index is 9.68. The van der Waals surface area contributed by atoms with Crippen molar-refractivity contribution in [2.45, 2.75) is 66.9 Å². The second-order valence-electron chi connectivity index (χ2n) is 9.73. The van der Waals surface area contributed by atoms with E-state index in [9.17, 15) is 10.5 Å². The predicted molar refractivity (Wildman–Crippen MR) is 172 cm³/mol. The molecule has 0 aliphatic carbocycles. The lowest BCUT2D eigenvalue weighted by molar-refractivity contribution is -0.955. The van der Waals surface area contributed by atoms with Crippen LogP contribution in [0, 0.1) is 18.3 Å². The fraction of sp³-hybridized carbons (Fsp3) is 0.419. The average molecular weight is 603 g/mol. The molecular weight excluding hydrogens is 558 g/mol. The first kappa shape index (κ1) is 35.9. The van der Waals surface area contributed by atoms with Crippen molar-refractivity contribution < 1.29 is 18.8 Å². The van der Waals surface area contributed by atoms with Gasteiger partial charge in [0.15, 0.2) is 5.82 Å². The fourth-order valence-electron chi connectivity index (χ4n) is 3.75. The lowest BCUT2D eigenvalue weighted by atomic mass is 9.77. The predicted octanol–water partition coefficient (Wildman–Crippen LogP) is 7.82. The number of hydrogen-bond donors (Lipinski definition) is 4. The number of nitrogen functional groups attached to an aromatic ring is 1. The van der Waals surface area contributed by atoms with E-state index in [-0.39, 0.29) is 12.0 Å². The van der Waals surface area contributed by atoms with Gasteiger partial charge in [-0.2, -0.15) is 15.9 Å². The van der Waals surface area contributed by atoms with Crippen molar-refractivity contribution in [2.24, 2.45) is 0 Å². The molecule has 3 rings (SSSR count). The summed E-state index contributed by atoms with van der Waals surface area (Å²) in [5.41, 5.74) is 12.5. The normalized spacial score (nSPS) is 12.0. The quantitative estimate of drug-likeness (QED) is 0.0809. The fourth-order valence-corrected chi connectivity index (χ4v) is 3.93. The van der Waals surface area contributed by atoms with Crippen LogP contribution in [0.1, 0.15) is 75.8 Å². The topological polar surface area (TPSA) is 113 Å². The minimum atomic E-state index is -0.770. The van der Waals surface area contributed by atoms with E-state index in [1.807, 2.05) is 51.1 Å². The third-order valence-corrected chi connectivity index (χ3v) is 6.00. The summed E-state index contributed by atoms with van der Waals surface area (Å²) in [5, 5.41) is 19.3. The molecule has 3 aromatic rings. The molecule has 1 heterocycles. The van der Waals surface area contributed by atoms with Crippen molar-refractivity contribution in [3.63, 3.8) is 0 Å². The third-order valence-electron chi connectivity index (χ3n) is 5.75. The number of nitrogens with one attached hydrogen (secondary N) is 1. The molecule has 1 atom stereocenters. The number of hydrogen-bond acceptors (Lipinski definition) is 8. The van der Waals surface area contributed by atoms with Gasteiger partial charge in [0, 0.05) is 11.0 Å². The lowest BCUT2D eigenvalue weighted by Crippen LogP contribution is -2.36. The zero-order valence-electron chi connectivity index (χ0n) is 25.5. The molecule has 0 spiro atoms. The van der Waals surface area contributed by atoms with Crippen LogP contribution in [0.3, 0.4) is 0 Å². The number of pyridine rings is 1. The Morgan fingerprint density at radius 3 is 2.22 bits per heavy atom. The van der Waals surface area contributed by atoms with Crippen molar-refractivity contribution in [1.29, 1.82) is 5.26 Å². The number of aryl methyl sites for hydroxylation is 1. The summed E-state index contributed by atoms with van der Waals surface area (Å²) in [6.45, 7) is 15.0. The van der Waals surface area contributed by atoms with Gasteiger partial charge in [-0.25, -0.2) is 4.98 Å². The van der Waals surface area contributed by atoms with Gasteiger partial charge >= 0.3 is 0 Å². The molecule has 8 nitrogen and oxygen atoms in total. The summed E-state index contributed by atoms with van der Waals surface area (Å²) in [6.07, 6.45) is 1.25. The van der Waals surface area contributed by atoms with Gasteiger partial charge in [-0.3, -0.25) is 0 Å². The van der Waals surface area contributed by atoms with Gasteiger partial charge in [-0.15, -0.1) is 11.6 Å². The van der Waals surface area contributed by atoms with Crippen molar-refractivity contribution in [3.05, 3.63) is 76.3 Å². The van der Waals surface area contributed by atoms with Gasteiger partial charge in [0.05, 0.1) is 11.4 Å². The lowest BCUT2D eigenvalue weighted by Gasteiger charge is -2.27. The molecule has 10 heteroatoms. The summed E-state index contributed by atoms with van der Waals surface area (Å²) in [6, 6.07) is 17.5. The highest BCUT2D eigenvalue weighted by Crippen LogP contribution is 2.36. The summed E-state index contributed by atoms with van der Waals surface area (Å²) in [7, 11) is 1.43. The summed E-state index contributed by atoms with van der Waals surface area (Å²) in [5.74, 6) is 2.30. The minimum absolute atomic E-state index is 0.239. The Balaban J connectivity index is 0.00000157. The number of anilines is 2. The number of halogens is 1. The Hall–Kier alpha value is -3.16. The molecule has 224 valence electrons. The van der Waals surface area contributed by atoms with Crippen LogP contribution in [-0.2, 0) is 12.0 Å². The number of benzene rings is 2. The Morgan fingerprint density at radius 1 is 1.10 bits per heavy atom. The van der Waals surface area contributed by atoms with Crippen LogP contribution in [-0.4, -0.2) is 33.9 Å². The van der Waals surface area contributed by atoms with Crippen LogP contribution in [0.2, 0.25) is 0 Å². The summed E-state index contributed by atoms with van der Waals surface area (Å²) in [4.78, 5) is 4.22. The minimum Gasteiger partial charge on any atom is -0.491 e. The van der Waals surface area contributed by atoms with E-state index in [4.69, 9.17) is 26.8 Å². The molecule has 0 amide bonds. The standard InChI is InChI=1S/C26H31ClN5O3S.C3H8.C2H6/c1-17-13-21(14-19(15-28)24(17)34-12-11-27)26(2,3)20-6-8-22(9-7-20)35-16-18-5-10-23(30-25(18)29)31-32(4,33)36;1-3-2;1-2/h5-10,13-14,33,36H,11-12,16H2,1-4H3,(H3,29,30,31);3H2,1-2H3;1-2H3/q+1;;. The first-order valence-electron chi connectivity index (χ1n) is 13.7. The maximum Gasteiger partial charge on any atom is 0.180 e. The number of thiol groups is 1. The first-order chi connectivity index (χ1) is 19.4. The van der Waals surface area contributed by atoms with Crippen molar-refractivity contribution in [2.75, 3.05) is 30.7 Å². The van der Waals surface area contributed by atoms with Crippen LogP contribution in [0.15, 0.2) is 48.5 Å². The van der Waals surface area contributed by atoms with Crippen molar-refractivity contribution in [3.8, 4) is 17.6 Å². The Kier molecular flexibility index (Phi) is 14.8. The third kappa shape index (κ3) is 11.0. The van der Waals surface area contributed by atoms with Crippen LogP contribution in [0.25, 0.3) is 0 Å². The zero-order valence-corrected chi connectivity index (χ0v) is 27.1. The van der Waals surface area contributed by atoms with Gasteiger partial charge in [-0.1, -0.05) is 66.2 Å². The van der Waals surface area contributed by atoms with Gasteiger partial charge in [0.2, 0.25) is 0 Å². The molecule has 1 aromatic heterocycles. The number of nitrogens with zero attached hydrogens (tertiary/aromatic N) is 3. The monoisotopic (exact) mass is 602 g/mol. The molecule has 4 N–H and O–H groups in total. The molecular formula is C31H45ClN5O3S+. The Bertz CT molecular complexity index is 1270. The molecule has 0 bridgehead atoms. The highest BCUT2D eigenvalue weighted by Gasteiger charge is 2.25. The molecule has 0 radical (unpaired) electrons. The SMILES string of the molecule is CC.CCC.Cc1cc(C(C)(C)c2ccc(OCc3ccc(N[N+](C)(O)S)nc3N)cc2)cc(C#N)c1OCCCl. The zero-order chi connectivity index (χ0) is 31.2. The second-order valence-corrected chi connectivity index (χ2v) is 10.9. The smallest absolute Gasteiger partial charge is 0.180 e. The van der Waals surface area contributed by atoms with E-state index in [0.717, 1.165) is 16.7 Å². The van der Waals surface area contributed by atoms with Crippen LogP contribution < -0.4 is 20.6 Å². The first-order valence-corrected chi connectivity index (χ1v) is 14.6. The van der Waals surface area contributed by atoms with E-state index in [1.54, 1.807) is 12.1 Å². The number of nitriles is 1. The van der Waals surface area contributed by atoms with Crippen LogP contribution in [0.5, 0.6) is 11.5 Å². The largest absolute Gasteiger partial charge is 0.491 e. The number of quaternary nitrogens is 1. The van der Waals surface area contributed by atoms with E-state index in [2.05, 4.69) is 63.1 Å². The molecule has 0 fully saturated rings. The highest BCUT2D eigenvalue weighted by molar-refractivity contribution is 7.74. The van der Waals surface area contributed by atoms with E-state index < -0.39 is 4.16 Å². The van der Waals surface area contributed by atoms with Gasteiger partial charge in [0.1, 0.15) is 56.5 Å². The Morgan fingerprint density at radius 2 is 1.71 bits per heavy atom. The number of rotatable bonds is 10. The molecule has 0 saturated heterocycles. The molecule has 0 saturated carbocycles. The maximum absolute atomic E-state index is 9.68. The van der Waals surface area contributed by atoms with E-state index in [0.29, 0.717) is 46.7 Å². The van der Waals surface area contributed by atoms with Crippen molar-refractivity contribution in [1.82, 2.24) is 4.98 Å². The number of aromatic nitrogens is 1. The molecule has 41 heavy (non-hydrogen) atoms. The van der Waals surface area contributed by atoms with Gasteiger partial charge in [-0.05, 0) is 58.1 Å². The van der Waals surface area contributed by atoms with Crippen molar-refractivity contribution >= 4 is 36.1 Å². The molecule has 2 aromatic carbocycles. The summed E-state index contributed by atoms with van der Waals surface area (Å²) < 4.78 is 10.8. The van der Waals surface area contributed by atoms with E-state index >= 15 is 0 Å². The number of alkyl halides is 1. The second kappa shape index (κ2) is 16.9. The molecule has 1 unspecified atom stereocenters. The number of nitrogens with two attached hydrogens (primary N) is 1. The van der Waals surface area contributed by atoms with Gasteiger partial charge < -0.3 is 15.2 Å². The molecule has 0 aliphatic rings. The van der Waals surface area contributed by atoms with Crippen LogP contribution >= 0.6 is 24.4 Å². The number of ether oxygens (including phenoxy) is 2. The Labute approximate surface area is 256 Å². The molecule has 0 aliphatic heterocycles. The summed E-state index contributed by atoms with van der Waals surface area (Å²) >= 11 is 9.70. The number of hydroxylamine groups is 1.